The molecule has 1 aliphatic heterocycles. The Morgan fingerprint density at radius 3 is 2.25 bits per heavy atom. The summed E-state index contributed by atoms with van der Waals surface area (Å²) < 4.78 is 14.0. The predicted molar refractivity (Wildman–Crippen MR) is 69.0 cm³/mol. The molecule has 1 saturated heterocycles. The topological polar surface area (TPSA) is 61.2 Å². The van der Waals surface area contributed by atoms with E-state index in [1.54, 1.807) is 0 Å². The van der Waals surface area contributed by atoms with Crippen LogP contribution in [0.5, 0.6) is 0 Å². The van der Waals surface area contributed by atoms with Crippen LogP contribution in [0.3, 0.4) is 0 Å². The SMILES string of the molecule is N#Cc1ccc(N2C(=O)[C@H]3CC=CC[C@H]3C2=O)c(F)c1. The van der Waals surface area contributed by atoms with Gasteiger partial charge in [0.2, 0.25) is 11.8 Å². The van der Waals surface area contributed by atoms with E-state index in [0.29, 0.717) is 12.8 Å². The first-order valence-corrected chi connectivity index (χ1v) is 6.36. The third-order valence-electron chi connectivity index (χ3n) is 3.83. The van der Waals surface area contributed by atoms with E-state index in [0.717, 1.165) is 11.0 Å². The van der Waals surface area contributed by atoms with Crippen LogP contribution in [0.4, 0.5) is 10.1 Å². The molecule has 0 unspecified atom stereocenters. The lowest BCUT2D eigenvalue weighted by atomic mass is 9.85. The number of imide groups is 1. The van der Waals surface area contributed by atoms with Gasteiger partial charge in [0, 0.05) is 0 Å². The Labute approximate surface area is 115 Å². The second-order valence-electron chi connectivity index (χ2n) is 4.95. The fourth-order valence-corrected chi connectivity index (χ4v) is 2.80. The molecule has 0 radical (unpaired) electrons. The third kappa shape index (κ3) is 1.73. The zero-order chi connectivity index (χ0) is 14.3. The third-order valence-corrected chi connectivity index (χ3v) is 3.83. The van der Waals surface area contributed by atoms with Crippen LogP contribution in [-0.4, -0.2) is 11.8 Å². The Morgan fingerprint density at radius 1 is 1.15 bits per heavy atom. The van der Waals surface area contributed by atoms with Crippen LogP contribution in [0, 0.1) is 29.0 Å². The number of benzene rings is 1. The molecule has 1 aliphatic carbocycles. The predicted octanol–water partition coefficient (Wildman–Crippen LogP) is 2.15. The van der Waals surface area contributed by atoms with E-state index in [2.05, 4.69) is 0 Å². The Hall–Kier alpha value is -2.48. The van der Waals surface area contributed by atoms with Gasteiger partial charge in [-0.3, -0.25) is 9.59 Å². The molecule has 2 amide bonds. The molecule has 1 aromatic rings. The number of carbonyl (C=O) groups is 2. The smallest absolute Gasteiger partial charge is 0.238 e. The van der Waals surface area contributed by atoms with Gasteiger partial charge >= 0.3 is 0 Å². The van der Waals surface area contributed by atoms with E-state index >= 15 is 0 Å². The zero-order valence-corrected chi connectivity index (χ0v) is 10.5. The van der Waals surface area contributed by atoms with Gasteiger partial charge in [0.1, 0.15) is 5.82 Å². The molecule has 2 atom stereocenters. The standard InChI is InChI=1S/C15H11FN2O2/c16-12-7-9(8-17)5-6-13(12)18-14(19)10-3-1-2-4-11(10)15(18)20/h1-2,5-7,10-11H,3-4H2/t10-,11+. The highest BCUT2D eigenvalue weighted by Crippen LogP contribution is 2.38. The van der Waals surface area contributed by atoms with Crippen LogP contribution < -0.4 is 4.90 Å². The maximum Gasteiger partial charge on any atom is 0.238 e. The summed E-state index contributed by atoms with van der Waals surface area (Å²) in [6.45, 7) is 0. The average Bonchev–Trinajstić information content (AvgIpc) is 2.72. The van der Waals surface area contributed by atoms with Crippen LogP contribution in [0.1, 0.15) is 18.4 Å². The Kier molecular flexibility index (Phi) is 2.87. The van der Waals surface area contributed by atoms with E-state index in [1.165, 1.54) is 12.1 Å². The van der Waals surface area contributed by atoms with E-state index in [-0.39, 0.29) is 34.9 Å². The van der Waals surface area contributed by atoms with Gasteiger partial charge < -0.3 is 0 Å². The second kappa shape index (κ2) is 4.57. The highest BCUT2D eigenvalue weighted by molar-refractivity contribution is 6.22. The van der Waals surface area contributed by atoms with Gasteiger partial charge in [0.05, 0.1) is 29.2 Å². The fraction of sp³-hybridized carbons (Fsp3) is 0.267. The summed E-state index contributed by atoms with van der Waals surface area (Å²) in [6.07, 6.45) is 4.79. The lowest BCUT2D eigenvalue weighted by Gasteiger charge is -2.15. The number of anilines is 1. The van der Waals surface area contributed by atoms with Crippen molar-refractivity contribution < 1.29 is 14.0 Å². The molecule has 1 fully saturated rings. The summed E-state index contributed by atoms with van der Waals surface area (Å²) in [5.41, 5.74) is 0.0952. The first kappa shape index (κ1) is 12.5. The number of allylic oxidation sites excluding steroid dienone is 2. The molecule has 0 saturated carbocycles. The maximum absolute atomic E-state index is 14.0. The van der Waals surface area contributed by atoms with Crippen LogP contribution in [0.25, 0.3) is 0 Å². The molecule has 0 bridgehead atoms. The van der Waals surface area contributed by atoms with Crippen LogP contribution in [0.2, 0.25) is 0 Å². The molecule has 20 heavy (non-hydrogen) atoms. The lowest BCUT2D eigenvalue weighted by molar-refractivity contribution is -0.122. The van der Waals surface area contributed by atoms with Gasteiger partial charge in [-0.1, -0.05) is 12.2 Å². The molecule has 2 aliphatic rings. The number of rotatable bonds is 1. The van der Waals surface area contributed by atoms with Gasteiger partial charge in [-0.2, -0.15) is 5.26 Å². The van der Waals surface area contributed by atoms with Crippen molar-refractivity contribution in [1.82, 2.24) is 0 Å². The van der Waals surface area contributed by atoms with E-state index < -0.39 is 5.82 Å². The highest BCUT2D eigenvalue weighted by Gasteiger charge is 2.48. The summed E-state index contributed by atoms with van der Waals surface area (Å²) in [5.74, 6) is -2.21. The number of amides is 2. The number of hydrogen-bond acceptors (Lipinski definition) is 3. The van der Waals surface area contributed by atoms with Crippen molar-refractivity contribution >= 4 is 17.5 Å². The molecule has 0 aromatic heterocycles. The number of carbonyl (C=O) groups excluding carboxylic acids is 2. The number of halogens is 1. The molecule has 0 N–H and O–H groups in total. The maximum atomic E-state index is 14.0. The van der Waals surface area contributed by atoms with Crippen LogP contribution in [-0.2, 0) is 9.59 Å². The monoisotopic (exact) mass is 270 g/mol. The highest BCUT2D eigenvalue weighted by atomic mass is 19.1. The van der Waals surface area contributed by atoms with Gasteiger partial charge in [-0.25, -0.2) is 9.29 Å². The minimum Gasteiger partial charge on any atom is -0.274 e. The quantitative estimate of drug-likeness (QED) is 0.580. The first-order valence-electron chi connectivity index (χ1n) is 6.36. The van der Waals surface area contributed by atoms with Gasteiger partial charge in [0.15, 0.2) is 0 Å². The zero-order valence-electron chi connectivity index (χ0n) is 10.5. The molecule has 1 heterocycles. The minimum atomic E-state index is -0.725. The minimum absolute atomic E-state index is 0.0617. The van der Waals surface area contributed by atoms with Crippen LogP contribution >= 0.6 is 0 Å². The van der Waals surface area contributed by atoms with Crippen LogP contribution in [0.15, 0.2) is 30.4 Å². The summed E-state index contributed by atoms with van der Waals surface area (Å²) in [6, 6.07) is 5.57. The Morgan fingerprint density at radius 2 is 1.75 bits per heavy atom. The van der Waals surface area contributed by atoms with Crippen molar-refractivity contribution in [2.24, 2.45) is 11.8 Å². The average molecular weight is 270 g/mol. The molecular weight excluding hydrogens is 259 g/mol. The summed E-state index contributed by atoms with van der Waals surface area (Å²) in [5, 5.41) is 8.72. The van der Waals surface area contributed by atoms with Gasteiger partial charge in [-0.05, 0) is 31.0 Å². The number of fused-ring (bicyclic) bond motifs is 1. The number of nitrogens with zero attached hydrogens (tertiary/aromatic N) is 2. The van der Waals surface area contributed by atoms with Crippen molar-refractivity contribution in [2.75, 3.05) is 4.90 Å². The molecule has 1 aromatic carbocycles. The molecule has 0 spiro atoms. The molecule has 100 valence electrons. The Balaban J connectivity index is 2.01. The molecular formula is C15H11FN2O2. The van der Waals surface area contributed by atoms with Crippen molar-refractivity contribution in [2.45, 2.75) is 12.8 Å². The summed E-state index contributed by atoms with van der Waals surface area (Å²) >= 11 is 0. The lowest BCUT2D eigenvalue weighted by Crippen LogP contribution is -2.31. The van der Waals surface area contributed by atoms with E-state index in [9.17, 15) is 14.0 Å². The van der Waals surface area contributed by atoms with E-state index in [1.807, 2.05) is 18.2 Å². The van der Waals surface area contributed by atoms with Crippen molar-refractivity contribution in [3.8, 4) is 6.07 Å². The molecule has 5 heteroatoms. The van der Waals surface area contributed by atoms with Crippen molar-refractivity contribution in [3.63, 3.8) is 0 Å². The van der Waals surface area contributed by atoms with Crippen molar-refractivity contribution in [1.29, 1.82) is 5.26 Å². The Bertz CT molecular complexity index is 649. The largest absolute Gasteiger partial charge is 0.274 e. The molecule has 4 nitrogen and oxygen atoms in total. The number of nitriles is 1. The second-order valence-corrected chi connectivity index (χ2v) is 4.95. The number of hydrogen-bond donors (Lipinski definition) is 0. The molecule has 3 rings (SSSR count). The fourth-order valence-electron chi connectivity index (χ4n) is 2.80. The normalized spacial score (nSPS) is 24.7. The van der Waals surface area contributed by atoms with Gasteiger partial charge in [-0.15, -0.1) is 0 Å². The van der Waals surface area contributed by atoms with Gasteiger partial charge in [0.25, 0.3) is 0 Å². The first-order chi connectivity index (χ1) is 9.63. The van der Waals surface area contributed by atoms with E-state index in [4.69, 9.17) is 5.26 Å². The van der Waals surface area contributed by atoms with Crippen molar-refractivity contribution in [3.05, 3.63) is 41.7 Å². The summed E-state index contributed by atoms with van der Waals surface area (Å²) in [7, 11) is 0. The summed E-state index contributed by atoms with van der Waals surface area (Å²) in [4.78, 5) is 25.5.